The minimum atomic E-state index is -0.918. The van der Waals surface area contributed by atoms with Gasteiger partial charge in [-0.3, -0.25) is 14.6 Å². The highest BCUT2D eigenvalue weighted by Gasteiger charge is 2.51. The second-order valence-corrected chi connectivity index (χ2v) is 7.95. The summed E-state index contributed by atoms with van der Waals surface area (Å²) < 4.78 is 0. The summed E-state index contributed by atoms with van der Waals surface area (Å²) in [6.07, 6.45) is 0.595. The Balaban J connectivity index is 1.72. The fourth-order valence-electron chi connectivity index (χ4n) is 3.81. The van der Waals surface area contributed by atoms with Crippen molar-refractivity contribution < 1.29 is 9.90 Å². The quantitative estimate of drug-likeness (QED) is 0.800. The number of nitrogens with zero attached hydrogens (tertiary/aromatic N) is 3. The molecule has 1 saturated heterocycles. The number of aliphatic hydroxyl groups excluding tert-OH is 1. The molecule has 1 aliphatic rings. The molecule has 0 spiro atoms. The number of rotatable bonds is 6. The highest BCUT2D eigenvalue weighted by Crippen LogP contribution is 2.32. The number of hydrogen-bond acceptors (Lipinski definition) is 6. The maximum atomic E-state index is 12.2. The number of likely N-dealkylation sites (tertiary alicyclic amines) is 1. The molecule has 3 N–H and O–H groups in total. The van der Waals surface area contributed by atoms with E-state index in [1.807, 2.05) is 36.3 Å². The molecule has 2 aromatic rings. The molecule has 3 rings (SSSR count). The maximum absolute atomic E-state index is 12.2. The minimum Gasteiger partial charge on any atom is -0.392 e. The number of amides is 1. The normalized spacial score (nSPS) is 23.7. The number of aryl methyl sites for hydroxylation is 1. The molecule has 1 aromatic carbocycles. The Kier molecular flexibility index (Phi) is 5.43. The van der Waals surface area contributed by atoms with Crippen molar-refractivity contribution >= 4 is 17.2 Å². The molecule has 1 amide bonds. The Morgan fingerprint density at radius 3 is 2.65 bits per heavy atom. The highest BCUT2D eigenvalue weighted by molar-refractivity contribution is 7.13. The molecule has 2 heterocycles. The summed E-state index contributed by atoms with van der Waals surface area (Å²) in [5.74, 6) is -0.407. The third kappa shape index (κ3) is 3.40. The fraction of sp³-hybridized carbons (Fsp3) is 0.474. The molecule has 26 heavy (non-hydrogen) atoms. The van der Waals surface area contributed by atoms with Crippen molar-refractivity contribution in [3.05, 3.63) is 41.0 Å². The molecule has 7 heteroatoms. The highest BCUT2D eigenvalue weighted by atomic mass is 32.1. The maximum Gasteiger partial charge on any atom is 0.253 e. The number of hydrogen-bond donors (Lipinski definition) is 2. The van der Waals surface area contributed by atoms with Gasteiger partial charge in [-0.2, -0.15) is 0 Å². The van der Waals surface area contributed by atoms with Gasteiger partial charge in [-0.15, -0.1) is 11.3 Å². The van der Waals surface area contributed by atoms with Crippen LogP contribution in [0.1, 0.15) is 17.7 Å². The number of β-amino-alcohol motifs (C(OH)–C–C–N with tert-alkyl or cyclic N) is 1. The van der Waals surface area contributed by atoms with Crippen molar-refractivity contribution in [3.63, 3.8) is 0 Å². The lowest BCUT2D eigenvalue weighted by atomic mass is 10.0. The number of thiazole rings is 1. The Bertz CT molecular complexity index is 774. The number of carbonyl (C=O) groups is 1. The number of aliphatic hydroxyl groups is 1. The van der Waals surface area contributed by atoms with Gasteiger partial charge in [0, 0.05) is 19.5 Å². The van der Waals surface area contributed by atoms with Gasteiger partial charge in [0.1, 0.15) is 0 Å². The Hall–Kier alpha value is -1.80. The zero-order valence-electron chi connectivity index (χ0n) is 15.5. The Morgan fingerprint density at radius 1 is 1.42 bits per heavy atom. The van der Waals surface area contributed by atoms with Gasteiger partial charge >= 0.3 is 0 Å². The molecule has 140 valence electrons. The van der Waals surface area contributed by atoms with Gasteiger partial charge in [-0.05, 0) is 38.6 Å². The van der Waals surface area contributed by atoms with Crippen molar-refractivity contribution in [2.75, 3.05) is 27.2 Å². The van der Waals surface area contributed by atoms with Crippen LogP contribution in [-0.2, 0) is 11.2 Å². The van der Waals surface area contributed by atoms with E-state index in [0.717, 1.165) is 12.1 Å². The van der Waals surface area contributed by atoms with Gasteiger partial charge in [0.25, 0.3) is 5.91 Å². The number of carbonyl (C=O) groups excluding carboxylic acids is 1. The van der Waals surface area contributed by atoms with Crippen LogP contribution in [0.2, 0.25) is 0 Å². The van der Waals surface area contributed by atoms with Crippen LogP contribution in [0, 0.1) is 6.92 Å². The first-order chi connectivity index (χ1) is 12.3. The van der Waals surface area contributed by atoms with Gasteiger partial charge in [-0.1, -0.05) is 24.3 Å². The monoisotopic (exact) mass is 374 g/mol. The van der Waals surface area contributed by atoms with Crippen LogP contribution >= 0.6 is 11.3 Å². The molecule has 0 saturated carbocycles. The van der Waals surface area contributed by atoms with E-state index in [0.29, 0.717) is 19.5 Å². The minimum absolute atomic E-state index is 0.346. The van der Waals surface area contributed by atoms with E-state index >= 15 is 0 Å². The largest absolute Gasteiger partial charge is 0.392 e. The van der Waals surface area contributed by atoms with E-state index in [4.69, 9.17) is 5.73 Å². The summed E-state index contributed by atoms with van der Waals surface area (Å²) >= 11 is 1.64. The lowest BCUT2D eigenvalue weighted by Crippen LogP contribution is -2.62. The second-order valence-electron chi connectivity index (χ2n) is 7.09. The average molecular weight is 375 g/mol. The van der Waals surface area contributed by atoms with Crippen molar-refractivity contribution in [2.24, 2.45) is 5.73 Å². The van der Waals surface area contributed by atoms with Crippen LogP contribution < -0.4 is 5.73 Å². The van der Waals surface area contributed by atoms with Gasteiger partial charge < -0.3 is 10.8 Å². The van der Waals surface area contributed by atoms with Gasteiger partial charge in [0.15, 0.2) is 5.66 Å². The molecule has 1 aromatic heterocycles. The van der Waals surface area contributed by atoms with Crippen LogP contribution in [0.25, 0.3) is 10.4 Å². The van der Waals surface area contributed by atoms with Crippen LogP contribution in [0.5, 0.6) is 0 Å². The first-order valence-corrected chi connectivity index (χ1v) is 9.62. The number of aromatic nitrogens is 1. The zero-order valence-corrected chi connectivity index (χ0v) is 16.3. The number of benzene rings is 1. The number of likely N-dealkylation sites (N-methyl/N-ethyl adjacent to an activating group) is 1. The molecule has 0 radical (unpaired) electrons. The van der Waals surface area contributed by atoms with Crippen LogP contribution in [0.4, 0.5) is 0 Å². The topological polar surface area (TPSA) is 82.7 Å². The Labute approximate surface area is 158 Å². The van der Waals surface area contributed by atoms with Crippen molar-refractivity contribution in [1.29, 1.82) is 0 Å². The van der Waals surface area contributed by atoms with Gasteiger partial charge in [0.05, 0.1) is 22.2 Å². The first kappa shape index (κ1) is 19.0. The van der Waals surface area contributed by atoms with Gasteiger partial charge in [-0.25, -0.2) is 4.98 Å². The summed E-state index contributed by atoms with van der Waals surface area (Å²) in [6.45, 7) is 3.14. The molecule has 1 fully saturated rings. The lowest BCUT2D eigenvalue weighted by molar-refractivity contribution is -0.138. The standard InChI is InChI=1S/C19H26N4O2S/c1-13-17(26-12-21-13)15-6-4-14(5-7-15)8-9-23-11-16(24)10-19(23,18(20)25)22(2)3/h4-7,12,16,24H,8-11H2,1-3H3,(H2,20,25)/t16?,19-/m0/s1. The molecule has 0 aliphatic carbocycles. The molecule has 6 nitrogen and oxygen atoms in total. The van der Waals surface area contributed by atoms with Crippen LogP contribution in [-0.4, -0.2) is 64.7 Å². The predicted octanol–water partition coefficient (Wildman–Crippen LogP) is 1.47. The molecule has 0 bridgehead atoms. The third-order valence-electron chi connectivity index (χ3n) is 5.24. The summed E-state index contributed by atoms with van der Waals surface area (Å²) in [5, 5.41) is 10.1. The zero-order chi connectivity index (χ0) is 18.9. The van der Waals surface area contributed by atoms with E-state index in [2.05, 4.69) is 29.2 Å². The second kappa shape index (κ2) is 7.44. The summed E-state index contributed by atoms with van der Waals surface area (Å²) in [7, 11) is 3.67. The van der Waals surface area contributed by atoms with E-state index in [1.54, 1.807) is 11.3 Å². The van der Waals surface area contributed by atoms with Crippen molar-refractivity contribution in [2.45, 2.75) is 31.5 Å². The summed E-state index contributed by atoms with van der Waals surface area (Å²) in [5.41, 5.74) is 10.1. The lowest BCUT2D eigenvalue weighted by Gasteiger charge is -2.40. The van der Waals surface area contributed by atoms with Crippen LogP contribution in [0.3, 0.4) is 0 Å². The van der Waals surface area contributed by atoms with E-state index < -0.39 is 17.7 Å². The molecular weight excluding hydrogens is 348 g/mol. The predicted molar refractivity (Wildman–Crippen MR) is 104 cm³/mol. The van der Waals surface area contributed by atoms with Crippen molar-refractivity contribution in [3.8, 4) is 10.4 Å². The average Bonchev–Trinajstić information content (AvgIpc) is 3.17. The molecule has 2 atom stereocenters. The van der Waals surface area contributed by atoms with Crippen LogP contribution in [0.15, 0.2) is 29.8 Å². The summed E-state index contributed by atoms with van der Waals surface area (Å²) in [4.78, 5) is 21.5. The third-order valence-corrected chi connectivity index (χ3v) is 6.22. The van der Waals surface area contributed by atoms with E-state index in [1.165, 1.54) is 16.0 Å². The number of nitrogens with two attached hydrogens (primary N) is 1. The summed E-state index contributed by atoms with van der Waals surface area (Å²) in [6, 6.07) is 8.45. The SMILES string of the molecule is Cc1ncsc1-c1ccc(CCN2CC(O)C[C@]2(C(N)=O)N(C)C)cc1. The molecule has 1 unspecified atom stereocenters. The number of primary amides is 1. The smallest absolute Gasteiger partial charge is 0.253 e. The molecule has 1 aliphatic heterocycles. The van der Waals surface area contributed by atoms with Crippen molar-refractivity contribution in [1.82, 2.24) is 14.8 Å². The Morgan fingerprint density at radius 2 is 2.12 bits per heavy atom. The van der Waals surface area contributed by atoms with E-state index in [-0.39, 0.29) is 0 Å². The fourth-order valence-corrected chi connectivity index (χ4v) is 4.62. The molecular formula is C19H26N4O2S. The van der Waals surface area contributed by atoms with E-state index in [9.17, 15) is 9.90 Å². The van der Waals surface area contributed by atoms with Gasteiger partial charge in [0.2, 0.25) is 0 Å². The first-order valence-electron chi connectivity index (χ1n) is 8.74.